The first-order valence-electron chi connectivity index (χ1n) is 7.50. The van der Waals surface area contributed by atoms with Gasteiger partial charge < -0.3 is 15.0 Å². The summed E-state index contributed by atoms with van der Waals surface area (Å²) in [6, 6.07) is 2.91. The minimum Gasteiger partial charge on any atom is -0.390 e. The Morgan fingerprint density at radius 3 is 2.81 bits per heavy atom. The Kier molecular flexibility index (Phi) is 4.52. The summed E-state index contributed by atoms with van der Waals surface area (Å²) in [4.78, 5) is 27.8. The molecule has 1 aliphatic rings. The number of H-pyrrole nitrogens is 1. The van der Waals surface area contributed by atoms with E-state index in [4.69, 9.17) is 0 Å². The van der Waals surface area contributed by atoms with E-state index in [0.29, 0.717) is 31.0 Å². The van der Waals surface area contributed by atoms with Crippen molar-refractivity contribution in [2.24, 2.45) is 11.8 Å². The molecule has 0 spiro atoms. The molecule has 21 heavy (non-hydrogen) atoms. The second kappa shape index (κ2) is 6.02. The van der Waals surface area contributed by atoms with Crippen LogP contribution in [0.15, 0.2) is 23.1 Å². The number of pyridine rings is 1. The molecule has 1 aromatic heterocycles. The molecule has 0 radical (unpaired) electrons. The molecule has 0 bridgehead atoms. The molecule has 116 valence electrons. The fraction of sp³-hybridized carbons (Fsp3) is 0.625. The summed E-state index contributed by atoms with van der Waals surface area (Å²) in [6.07, 6.45) is 2.93. The third-order valence-electron chi connectivity index (χ3n) is 4.28. The molecule has 0 aliphatic carbocycles. The number of amides is 1. The van der Waals surface area contributed by atoms with Crippen molar-refractivity contribution in [1.29, 1.82) is 0 Å². The second-order valence-electron chi connectivity index (χ2n) is 6.63. The molecule has 5 nitrogen and oxygen atoms in total. The third kappa shape index (κ3) is 3.73. The van der Waals surface area contributed by atoms with Crippen LogP contribution in [0.5, 0.6) is 0 Å². The number of nitrogens with zero attached hydrogens (tertiary/aromatic N) is 1. The first-order chi connectivity index (χ1) is 9.79. The van der Waals surface area contributed by atoms with E-state index in [1.54, 1.807) is 11.0 Å². The Bertz CT molecular complexity index is 542. The largest absolute Gasteiger partial charge is 0.390 e. The SMILES string of the molecule is CC(C)C[C@@H]1CN(C(=O)c2ccc(=O)[nH]c2)CC[C@]1(C)O. The molecule has 1 fully saturated rings. The Balaban J connectivity index is 2.12. The number of carbonyl (C=O) groups excluding carboxylic acids is 1. The monoisotopic (exact) mass is 292 g/mol. The summed E-state index contributed by atoms with van der Waals surface area (Å²) < 4.78 is 0. The lowest BCUT2D eigenvalue weighted by atomic mass is 9.78. The van der Waals surface area contributed by atoms with Crippen LogP contribution >= 0.6 is 0 Å². The average molecular weight is 292 g/mol. The Morgan fingerprint density at radius 2 is 2.24 bits per heavy atom. The highest BCUT2D eigenvalue weighted by molar-refractivity contribution is 5.93. The van der Waals surface area contributed by atoms with E-state index in [1.165, 1.54) is 12.3 Å². The molecule has 1 aliphatic heterocycles. The molecule has 0 aromatic carbocycles. The highest BCUT2D eigenvalue weighted by Gasteiger charge is 2.39. The van der Waals surface area contributed by atoms with Gasteiger partial charge in [-0.2, -0.15) is 0 Å². The van der Waals surface area contributed by atoms with Crippen LogP contribution in [0.3, 0.4) is 0 Å². The molecular formula is C16H24N2O3. The summed E-state index contributed by atoms with van der Waals surface area (Å²) in [5.41, 5.74) is -0.447. The van der Waals surface area contributed by atoms with Gasteiger partial charge in [0.2, 0.25) is 5.56 Å². The standard InChI is InChI=1S/C16H24N2O3/c1-11(2)8-13-10-18(7-6-16(13,3)21)15(20)12-4-5-14(19)17-9-12/h4-5,9,11,13,21H,6-8,10H2,1-3H3,(H,17,19)/t13-,16+/m1/s1. The molecule has 0 unspecified atom stereocenters. The Morgan fingerprint density at radius 1 is 1.52 bits per heavy atom. The van der Waals surface area contributed by atoms with Crippen molar-refractivity contribution in [3.8, 4) is 0 Å². The number of piperidine rings is 1. The maximum absolute atomic E-state index is 12.5. The number of nitrogens with one attached hydrogen (secondary N) is 1. The van der Waals surface area contributed by atoms with Gasteiger partial charge in [-0.05, 0) is 31.7 Å². The van der Waals surface area contributed by atoms with Crippen molar-refractivity contribution in [2.45, 2.75) is 39.2 Å². The van der Waals surface area contributed by atoms with Crippen LogP contribution in [0, 0.1) is 11.8 Å². The topological polar surface area (TPSA) is 73.4 Å². The summed E-state index contributed by atoms with van der Waals surface area (Å²) in [7, 11) is 0. The molecule has 2 N–H and O–H groups in total. The van der Waals surface area contributed by atoms with Crippen molar-refractivity contribution < 1.29 is 9.90 Å². The van der Waals surface area contributed by atoms with Gasteiger partial charge >= 0.3 is 0 Å². The number of aromatic nitrogens is 1. The summed E-state index contributed by atoms with van der Waals surface area (Å²) in [5.74, 6) is 0.470. The predicted molar refractivity (Wildman–Crippen MR) is 81.2 cm³/mol. The van der Waals surface area contributed by atoms with E-state index < -0.39 is 5.60 Å². The number of aliphatic hydroxyl groups is 1. The zero-order valence-corrected chi connectivity index (χ0v) is 12.9. The second-order valence-corrected chi connectivity index (χ2v) is 6.63. The van der Waals surface area contributed by atoms with Crippen LogP contribution < -0.4 is 5.56 Å². The smallest absolute Gasteiger partial charge is 0.255 e. The molecule has 2 heterocycles. The molecule has 2 atom stereocenters. The van der Waals surface area contributed by atoms with E-state index in [9.17, 15) is 14.7 Å². The number of carbonyl (C=O) groups is 1. The lowest BCUT2D eigenvalue weighted by Gasteiger charge is -2.43. The van der Waals surface area contributed by atoms with Crippen LogP contribution in [0.25, 0.3) is 0 Å². The lowest BCUT2D eigenvalue weighted by molar-refractivity contribution is -0.0577. The fourth-order valence-electron chi connectivity index (χ4n) is 2.93. The third-order valence-corrected chi connectivity index (χ3v) is 4.28. The minimum atomic E-state index is -0.716. The van der Waals surface area contributed by atoms with Crippen molar-refractivity contribution in [3.05, 3.63) is 34.2 Å². The van der Waals surface area contributed by atoms with Gasteiger partial charge in [0.05, 0.1) is 11.2 Å². The molecule has 1 saturated heterocycles. The van der Waals surface area contributed by atoms with Crippen LogP contribution in [0.2, 0.25) is 0 Å². The quantitative estimate of drug-likeness (QED) is 0.889. The highest BCUT2D eigenvalue weighted by Crippen LogP contribution is 2.32. The first kappa shape index (κ1) is 15.8. The molecular weight excluding hydrogens is 268 g/mol. The van der Waals surface area contributed by atoms with Gasteiger partial charge in [-0.25, -0.2) is 0 Å². The number of hydrogen-bond acceptors (Lipinski definition) is 3. The van der Waals surface area contributed by atoms with Gasteiger partial charge in [0.25, 0.3) is 5.91 Å². The fourth-order valence-corrected chi connectivity index (χ4v) is 2.93. The summed E-state index contributed by atoms with van der Waals surface area (Å²) in [5, 5.41) is 10.5. The Labute approximate surface area is 125 Å². The Hall–Kier alpha value is -1.62. The van der Waals surface area contributed by atoms with Crippen molar-refractivity contribution in [3.63, 3.8) is 0 Å². The first-order valence-corrected chi connectivity index (χ1v) is 7.50. The van der Waals surface area contributed by atoms with Crippen molar-refractivity contribution >= 4 is 5.91 Å². The minimum absolute atomic E-state index is 0.0814. The van der Waals surface area contributed by atoms with Crippen LogP contribution in [0.1, 0.15) is 44.0 Å². The number of likely N-dealkylation sites (tertiary alicyclic amines) is 1. The predicted octanol–water partition coefficient (Wildman–Crippen LogP) is 1.63. The molecule has 1 aromatic rings. The van der Waals surface area contributed by atoms with E-state index >= 15 is 0 Å². The molecule has 0 saturated carbocycles. The van der Waals surface area contributed by atoms with E-state index in [2.05, 4.69) is 18.8 Å². The van der Waals surface area contributed by atoms with E-state index in [1.807, 2.05) is 6.92 Å². The number of aromatic amines is 1. The maximum Gasteiger partial charge on any atom is 0.255 e. The molecule has 2 rings (SSSR count). The van der Waals surface area contributed by atoms with Crippen LogP contribution in [-0.2, 0) is 0 Å². The molecule has 1 amide bonds. The number of rotatable bonds is 3. The number of hydrogen-bond donors (Lipinski definition) is 2. The van der Waals surface area contributed by atoms with E-state index in [0.717, 1.165) is 6.42 Å². The lowest BCUT2D eigenvalue weighted by Crippen LogP contribution is -2.52. The summed E-state index contributed by atoms with van der Waals surface area (Å²) >= 11 is 0. The van der Waals surface area contributed by atoms with Gasteiger partial charge in [-0.1, -0.05) is 13.8 Å². The van der Waals surface area contributed by atoms with Gasteiger partial charge in [0.1, 0.15) is 0 Å². The van der Waals surface area contributed by atoms with Crippen LogP contribution in [-0.4, -0.2) is 39.6 Å². The van der Waals surface area contributed by atoms with Gasteiger partial charge in [-0.3, -0.25) is 9.59 Å². The zero-order chi connectivity index (χ0) is 15.6. The summed E-state index contributed by atoms with van der Waals surface area (Å²) in [6.45, 7) is 7.21. The van der Waals surface area contributed by atoms with Crippen molar-refractivity contribution in [1.82, 2.24) is 9.88 Å². The highest BCUT2D eigenvalue weighted by atomic mass is 16.3. The van der Waals surface area contributed by atoms with Crippen LogP contribution in [0.4, 0.5) is 0 Å². The van der Waals surface area contributed by atoms with Gasteiger partial charge in [0, 0.05) is 31.3 Å². The van der Waals surface area contributed by atoms with E-state index in [-0.39, 0.29) is 17.4 Å². The van der Waals surface area contributed by atoms with Gasteiger partial charge in [0.15, 0.2) is 0 Å². The molecule has 5 heteroatoms. The van der Waals surface area contributed by atoms with Gasteiger partial charge in [-0.15, -0.1) is 0 Å². The van der Waals surface area contributed by atoms with Crippen molar-refractivity contribution in [2.75, 3.05) is 13.1 Å². The average Bonchev–Trinajstić information content (AvgIpc) is 2.41. The maximum atomic E-state index is 12.5. The zero-order valence-electron chi connectivity index (χ0n) is 12.9. The normalized spacial score (nSPS) is 26.1.